The van der Waals surface area contributed by atoms with Crippen LogP contribution in [-0.4, -0.2) is 43.8 Å². The molecule has 176 valence electrons. The van der Waals surface area contributed by atoms with Gasteiger partial charge in [0.25, 0.3) is 0 Å². The van der Waals surface area contributed by atoms with Crippen LogP contribution in [0.15, 0.2) is 24.3 Å². The van der Waals surface area contributed by atoms with Gasteiger partial charge in [-0.15, -0.1) is 0 Å². The van der Waals surface area contributed by atoms with Gasteiger partial charge in [0, 0.05) is 31.1 Å². The monoisotopic (exact) mass is 469 g/mol. The normalized spacial score (nSPS) is 14.0. The number of hydrogen-bond donors (Lipinski definition) is 1. The molecule has 7 nitrogen and oxygen atoms in total. The van der Waals surface area contributed by atoms with Gasteiger partial charge in [0.15, 0.2) is 10.8 Å². The summed E-state index contributed by atoms with van der Waals surface area (Å²) >= 11 is 6.39. The number of amides is 1. The second kappa shape index (κ2) is 8.86. The molecule has 33 heavy (non-hydrogen) atoms. The smallest absolute Gasteiger partial charge is 0.410 e. The highest BCUT2D eigenvalue weighted by molar-refractivity contribution is 6.29. The standard InChI is InChI=1S/C25H32ClN5O2/c1-15(2)33-24(32)30-11-10-17-8-7-9-18(19(17)14-30)12-21-16(3)27-23-20(28-25(4,5)6)13-22(26)29-31(21)23/h7-9,13,15,28H,10-12,14H2,1-6H3. The van der Waals surface area contributed by atoms with E-state index in [1.165, 1.54) is 11.1 Å². The molecule has 3 heterocycles. The van der Waals surface area contributed by atoms with Crippen LogP contribution in [-0.2, 0) is 24.1 Å². The zero-order chi connectivity index (χ0) is 23.9. The molecule has 0 fully saturated rings. The van der Waals surface area contributed by atoms with Crippen molar-refractivity contribution in [2.24, 2.45) is 0 Å². The van der Waals surface area contributed by atoms with Crippen LogP contribution < -0.4 is 5.32 Å². The molecule has 0 saturated carbocycles. The zero-order valence-electron chi connectivity index (χ0n) is 20.2. The summed E-state index contributed by atoms with van der Waals surface area (Å²) in [5.74, 6) is 0. The van der Waals surface area contributed by atoms with Crippen molar-refractivity contribution in [3.05, 3.63) is 57.5 Å². The molecule has 1 aromatic carbocycles. The average Bonchev–Trinajstić information content (AvgIpc) is 3.02. The van der Waals surface area contributed by atoms with Gasteiger partial charge in [-0.05, 0) is 64.7 Å². The highest BCUT2D eigenvalue weighted by atomic mass is 35.5. The Labute approximate surface area is 200 Å². The lowest BCUT2D eigenvalue weighted by Crippen LogP contribution is -2.37. The Bertz CT molecular complexity index is 1200. The lowest BCUT2D eigenvalue weighted by molar-refractivity contribution is 0.0729. The van der Waals surface area contributed by atoms with E-state index in [-0.39, 0.29) is 17.7 Å². The Morgan fingerprint density at radius 1 is 1.30 bits per heavy atom. The summed E-state index contributed by atoms with van der Waals surface area (Å²) in [6.07, 6.45) is 1.06. The third-order valence-electron chi connectivity index (χ3n) is 5.68. The van der Waals surface area contributed by atoms with Crippen LogP contribution in [0.4, 0.5) is 10.5 Å². The number of ether oxygens (including phenoxy) is 1. The maximum atomic E-state index is 12.5. The van der Waals surface area contributed by atoms with Crippen molar-refractivity contribution >= 4 is 29.0 Å². The van der Waals surface area contributed by atoms with Crippen molar-refractivity contribution in [2.45, 2.75) is 72.6 Å². The summed E-state index contributed by atoms with van der Waals surface area (Å²) in [6, 6.07) is 8.17. The molecule has 2 aromatic heterocycles. The molecule has 0 saturated heterocycles. The van der Waals surface area contributed by atoms with Gasteiger partial charge in [0.2, 0.25) is 0 Å². The van der Waals surface area contributed by atoms with E-state index >= 15 is 0 Å². The second-order valence-electron chi connectivity index (χ2n) is 9.97. The number of fused-ring (bicyclic) bond motifs is 2. The Morgan fingerprint density at radius 3 is 2.76 bits per heavy atom. The van der Waals surface area contributed by atoms with Gasteiger partial charge in [0.05, 0.1) is 23.2 Å². The summed E-state index contributed by atoms with van der Waals surface area (Å²) < 4.78 is 7.28. The number of imidazole rings is 1. The molecule has 3 aromatic rings. The molecule has 1 aliphatic heterocycles. The molecule has 8 heteroatoms. The lowest BCUT2D eigenvalue weighted by atomic mass is 9.92. The van der Waals surface area contributed by atoms with Gasteiger partial charge in [0.1, 0.15) is 0 Å². The highest BCUT2D eigenvalue weighted by Crippen LogP contribution is 2.29. The fourth-order valence-electron chi connectivity index (χ4n) is 4.27. The van der Waals surface area contributed by atoms with Gasteiger partial charge in [-0.1, -0.05) is 29.8 Å². The largest absolute Gasteiger partial charge is 0.447 e. The van der Waals surface area contributed by atoms with Crippen molar-refractivity contribution < 1.29 is 9.53 Å². The van der Waals surface area contributed by atoms with Crippen molar-refractivity contribution in [1.82, 2.24) is 19.5 Å². The third-order valence-corrected chi connectivity index (χ3v) is 5.86. The van der Waals surface area contributed by atoms with E-state index in [4.69, 9.17) is 21.3 Å². The summed E-state index contributed by atoms with van der Waals surface area (Å²) in [5, 5.41) is 8.46. The number of nitrogens with zero attached hydrogens (tertiary/aromatic N) is 4. The Morgan fingerprint density at radius 2 is 2.06 bits per heavy atom. The number of carbonyl (C=O) groups is 1. The average molecular weight is 470 g/mol. The SMILES string of the molecule is Cc1nc2c(NC(C)(C)C)cc(Cl)nn2c1Cc1cccc2c1CN(C(=O)OC(C)C)CC2. The predicted molar refractivity (Wildman–Crippen MR) is 131 cm³/mol. The fourth-order valence-corrected chi connectivity index (χ4v) is 4.45. The minimum atomic E-state index is -0.261. The quantitative estimate of drug-likeness (QED) is 0.554. The van der Waals surface area contributed by atoms with Gasteiger partial charge in [-0.25, -0.2) is 14.3 Å². The van der Waals surface area contributed by atoms with E-state index in [1.54, 1.807) is 4.90 Å². The summed E-state index contributed by atoms with van der Waals surface area (Å²) in [4.78, 5) is 19.1. The molecule has 4 rings (SSSR count). The first kappa shape index (κ1) is 23.4. The van der Waals surface area contributed by atoms with E-state index in [2.05, 4.69) is 49.4 Å². The third kappa shape index (κ3) is 5.08. The molecule has 0 bridgehead atoms. The molecular weight excluding hydrogens is 438 g/mol. The molecule has 0 atom stereocenters. The van der Waals surface area contributed by atoms with Gasteiger partial charge < -0.3 is 15.0 Å². The molecule has 1 N–H and O–H groups in total. The van der Waals surface area contributed by atoms with E-state index in [0.717, 1.165) is 34.7 Å². The Hall–Kier alpha value is -2.80. The number of aryl methyl sites for hydroxylation is 1. The van der Waals surface area contributed by atoms with Crippen molar-refractivity contribution in [1.29, 1.82) is 0 Å². The van der Waals surface area contributed by atoms with E-state index in [9.17, 15) is 4.79 Å². The summed E-state index contributed by atoms with van der Waals surface area (Å²) in [5.41, 5.74) is 6.97. The van der Waals surface area contributed by atoms with Crippen LogP contribution in [0.2, 0.25) is 5.15 Å². The minimum absolute atomic E-state index is 0.137. The van der Waals surface area contributed by atoms with E-state index in [0.29, 0.717) is 24.7 Å². The van der Waals surface area contributed by atoms with Crippen LogP contribution in [0.1, 0.15) is 62.7 Å². The minimum Gasteiger partial charge on any atom is -0.447 e. The van der Waals surface area contributed by atoms with Crippen molar-refractivity contribution in [3.63, 3.8) is 0 Å². The number of anilines is 1. The maximum Gasteiger partial charge on any atom is 0.410 e. The van der Waals surface area contributed by atoms with Gasteiger partial charge >= 0.3 is 6.09 Å². The number of nitrogens with one attached hydrogen (secondary N) is 1. The molecule has 1 amide bonds. The highest BCUT2D eigenvalue weighted by Gasteiger charge is 2.25. The number of benzene rings is 1. The topological polar surface area (TPSA) is 71.8 Å². The van der Waals surface area contributed by atoms with Crippen LogP contribution in [0.25, 0.3) is 5.65 Å². The Balaban J connectivity index is 1.70. The zero-order valence-corrected chi connectivity index (χ0v) is 21.0. The first-order valence-electron chi connectivity index (χ1n) is 11.4. The number of rotatable bonds is 4. The molecule has 1 aliphatic rings. The van der Waals surface area contributed by atoms with Crippen LogP contribution in [0.3, 0.4) is 0 Å². The molecule has 0 spiro atoms. The van der Waals surface area contributed by atoms with Crippen molar-refractivity contribution in [2.75, 3.05) is 11.9 Å². The molecule has 0 aliphatic carbocycles. The first-order valence-corrected chi connectivity index (χ1v) is 11.8. The number of carbonyl (C=O) groups excluding carboxylic acids is 1. The summed E-state index contributed by atoms with van der Waals surface area (Å²) in [7, 11) is 0. The maximum absolute atomic E-state index is 12.5. The molecular formula is C25H32ClN5O2. The van der Waals surface area contributed by atoms with Gasteiger partial charge in [-0.3, -0.25) is 0 Å². The Kier molecular flexibility index (Phi) is 6.27. The molecule has 0 unspecified atom stereocenters. The number of aromatic nitrogens is 3. The van der Waals surface area contributed by atoms with Crippen molar-refractivity contribution in [3.8, 4) is 0 Å². The van der Waals surface area contributed by atoms with Gasteiger partial charge in [-0.2, -0.15) is 5.10 Å². The van der Waals surface area contributed by atoms with Crippen LogP contribution in [0.5, 0.6) is 0 Å². The summed E-state index contributed by atoms with van der Waals surface area (Å²) in [6.45, 7) is 13.2. The predicted octanol–water partition coefficient (Wildman–Crippen LogP) is 5.40. The lowest BCUT2D eigenvalue weighted by Gasteiger charge is -2.30. The second-order valence-corrected chi connectivity index (χ2v) is 10.4. The number of hydrogen-bond acceptors (Lipinski definition) is 5. The molecule has 0 radical (unpaired) electrons. The first-order chi connectivity index (χ1) is 15.5. The van der Waals surface area contributed by atoms with Crippen LogP contribution in [0, 0.1) is 6.92 Å². The number of halogens is 1. The fraction of sp³-hybridized carbons (Fsp3) is 0.480. The van der Waals surface area contributed by atoms with Crippen LogP contribution >= 0.6 is 11.6 Å². The van der Waals surface area contributed by atoms with E-state index in [1.807, 2.05) is 31.4 Å². The van der Waals surface area contributed by atoms with E-state index < -0.39 is 0 Å².